The fourth-order valence-electron chi connectivity index (χ4n) is 1.65. The Bertz CT molecular complexity index is 491. The minimum atomic E-state index is -0.0487. The number of aromatic nitrogens is 2. The first-order chi connectivity index (χ1) is 8.20. The molecule has 0 bridgehead atoms. The van der Waals surface area contributed by atoms with Crippen LogP contribution in [0.25, 0.3) is 0 Å². The summed E-state index contributed by atoms with van der Waals surface area (Å²) in [6.45, 7) is 4.81. The third-order valence-corrected chi connectivity index (χ3v) is 2.57. The average molecular weight is 231 g/mol. The minimum Gasteiger partial charge on any atom is -0.454 e. The molecule has 2 aromatic rings. The Hall–Kier alpha value is -1.81. The predicted octanol–water partition coefficient (Wildman–Crippen LogP) is 2.71. The van der Waals surface area contributed by atoms with Crippen molar-refractivity contribution in [3.05, 3.63) is 42.2 Å². The molecule has 90 valence electrons. The molecule has 1 atom stereocenters. The molecule has 1 aromatic heterocycles. The van der Waals surface area contributed by atoms with Crippen LogP contribution in [0.4, 0.5) is 0 Å². The van der Waals surface area contributed by atoms with Crippen LogP contribution >= 0.6 is 0 Å². The van der Waals surface area contributed by atoms with Gasteiger partial charge >= 0.3 is 0 Å². The molecule has 0 radical (unpaired) electrons. The van der Waals surface area contributed by atoms with E-state index in [1.54, 1.807) is 6.20 Å². The second kappa shape index (κ2) is 5.01. The van der Waals surface area contributed by atoms with E-state index in [1.165, 1.54) is 0 Å². The van der Waals surface area contributed by atoms with Crippen LogP contribution in [0.5, 0.6) is 11.5 Å². The summed E-state index contributed by atoms with van der Waals surface area (Å²) < 4.78 is 7.61. The lowest BCUT2D eigenvalue weighted by molar-refractivity contribution is 0.471. The van der Waals surface area contributed by atoms with Gasteiger partial charge in [0, 0.05) is 18.2 Å². The van der Waals surface area contributed by atoms with Crippen molar-refractivity contribution in [2.24, 2.45) is 5.73 Å². The number of nitrogens with two attached hydrogens (primary N) is 1. The SMILES string of the molecule is CCn1cc(Oc2ccccc2C(C)N)cn1. The highest BCUT2D eigenvalue weighted by Gasteiger charge is 2.08. The molecule has 0 saturated heterocycles. The van der Waals surface area contributed by atoms with E-state index in [0.717, 1.165) is 23.6 Å². The van der Waals surface area contributed by atoms with Gasteiger partial charge in [0.25, 0.3) is 0 Å². The van der Waals surface area contributed by atoms with Crippen LogP contribution in [-0.4, -0.2) is 9.78 Å². The van der Waals surface area contributed by atoms with Gasteiger partial charge in [0.05, 0.1) is 12.4 Å². The van der Waals surface area contributed by atoms with Gasteiger partial charge in [-0.25, -0.2) is 0 Å². The van der Waals surface area contributed by atoms with Crippen LogP contribution < -0.4 is 10.5 Å². The van der Waals surface area contributed by atoms with Gasteiger partial charge in [-0.15, -0.1) is 0 Å². The molecular weight excluding hydrogens is 214 g/mol. The highest BCUT2D eigenvalue weighted by Crippen LogP contribution is 2.28. The van der Waals surface area contributed by atoms with Gasteiger partial charge in [-0.05, 0) is 19.9 Å². The monoisotopic (exact) mass is 231 g/mol. The van der Waals surface area contributed by atoms with Crippen LogP contribution in [0.2, 0.25) is 0 Å². The molecule has 0 aliphatic carbocycles. The highest BCUT2D eigenvalue weighted by atomic mass is 16.5. The van der Waals surface area contributed by atoms with Gasteiger partial charge in [-0.3, -0.25) is 4.68 Å². The Morgan fingerprint density at radius 3 is 2.82 bits per heavy atom. The third kappa shape index (κ3) is 2.65. The van der Waals surface area contributed by atoms with Gasteiger partial charge in [0.1, 0.15) is 5.75 Å². The zero-order chi connectivity index (χ0) is 12.3. The first-order valence-corrected chi connectivity index (χ1v) is 5.75. The molecule has 2 N–H and O–H groups in total. The largest absolute Gasteiger partial charge is 0.454 e. The van der Waals surface area contributed by atoms with Crippen LogP contribution in [0, 0.1) is 0 Å². The average Bonchev–Trinajstić information content (AvgIpc) is 2.77. The van der Waals surface area contributed by atoms with Crippen LogP contribution in [0.1, 0.15) is 25.5 Å². The molecule has 2 rings (SSSR count). The zero-order valence-corrected chi connectivity index (χ0v) is 10.1. The second-order valence-corrected chi connectivity index (χ2v) is 3.96. The Kier molecular flexibility index (Phi) is 3.44. The van der Waals surface area contributed by atoms with E-state index in [9.17, 15) is 0 Å². The number of hydrogen-bond acceptors (Lipinski definition) is 3. The summed E-state index contributed by atoms with van der Waals surface area (Å²) in [6, 6.07) is 7.74. The Labute approximate surface area is 101 Å². The fourth-order valence-corrected chi connectivity index (χ4v) is 1.65. The summed E-state index contributed by atoms with van der Waals surface area (Å²) in [5, 5.41) is 4.17. The summed E-state index contributed by atoms with van der Waals surface area (Å²) in [5.74, 6) is 1.53. The van der Waals surface area contributed by atoms with Crippen molar-refractivity contribution in [1.29, 1.82) is 0 Å². The van der Waals surface area contributed by atoms with E-state index in [-0.39, 0.29) is 6.04 Å². The number of para-hydroxylation sites is 1. The van der Waals surface area contributed by atoms with Gasteiger partial charge in [-0.2, -0.15) is 5.10 Å². The molecule has 0 aliphatic heterocycles. The number of ether oxygens (including phenoxy) is 1. The first-order valence-electron chi connectivity index (χ1n) is 5.75. The summed E-state index contributed by atoms with van der Waals surface area (Å²) in [7, 11) is 0. The highest BCUT2D eigenvalue weighted by molar-refractivity contribution is 5.38. The summed E-state index contributed by atoms with van der Waals surface area (Å²) in [5.41, 5.74) is 6.90. The molecule has 17 heavy (non-hydrogen) atoms. The van der Waals surface area contributed by atoms with E-state index in [2.05, 4.69) is 5.10 Å². The van der Waals surface area contributed by atoms with Crippen molar-refractivity contribution < 1.29 is 4.74 Å². The molecule has 0 aliphatic rings. The molecule has 0 spiro atoms. The Morgan fingerprint density at radius 1 is 1.41 bits per heavy atom. The van der Waals surface area contributed by atoms with E-state index in [4.69, 9.17) is 10.5 Å². The van der Waals surface area contributed by atoms with Crippen molar-refractivity contribution in [2.45, 2.75) is 26.4 Å². The van der Waals surface area contributed by atoms with Crippen LogP contribution in [0.3, 0.4) is 0 Å². The lowest BCUT2D eigenvalue weighted by atomic mass is 10.1. The maximum Gasteiger partial charge on any atom is 0.165 e. The van der Waals surface area contributed by atoms with Crippen molar-refractivity contribution in [3.63, 3.8) is 0 Å². The molecule has 4 nitrogen and oxygen atoms in total. The van der Waals surface area contributed by atoms with Gasteiger partial charge < -0.3 is 10.5 Å². The van der Waals surface area contributed by atoms with Gasteiger partial charge in [0.15, 0.2) is 5.75 Å². The summed E-state index contributed by atoms with van der Waals surface area (Å²) in [6.07, 6.45) is 3.58. The molecule has 1 aromatic carbocycles. The molecule has 0 amide bonds. The summed E-state index contributed by atoms with van der Waals surface area (Å²) in [4.78, 5) is 0. The lowest BCUT2D eigenvalue weighted by Crippen LogP contribution is -2.06. The smallest absolute Gasteiger partial charge is 0.165 e. The van der Waals surface area contributed by atoms with Crippen LogP contribution in [0.15, 0.2) is 36.7 Å². The second-order valence-electron chi connectivity index (χ2n) is 3.96. The standard InChI is InChI=1S/C13H17N3O/c1-3-16-9-11(8-15-16)17-13-7-5-4-6-12(13)10(2)14/h4-10H,3,14H2,1-2H3. The van der Waals surface area contributed by atoms with E-state index in [1.807, 2.05) is 49.0 Å². The fraction of sp³-hybridized carbons (Fsp3) is 0.308. The molecular formula is C13H17N3O. The number of aryl methyl sites for hydroxylation is 1. The maximum absolute atomic E-state index is 5.90. The normalized spacial score (nSPS) is 12.4. The molecule has 1 unspecified atom stereocenters. The Morgan fingerprint density at radius 2 is 2.18 bits per heavy atom. The predicted molar refractivity (Wildman–Crippen MR) is 67.0 cm³/mol. The quantitative estimate of drug-likeness (QED) is 0.880. The first kappa shape index (κ1) is 11.7. The Balaban J connectivity index is 2.23. The summed E-state index contributed by atoms with van der Waals surface area (Å²) >= 11 is 0. The van der Waals surface area contributed by atoms with E-state index >= 15 is 0 Å². The zero-order valence-electron chi connectivity index (χ0n) is 10.1. The third-order valence-electron chi connectivity index (χ3n) is 2.57. The number of benzene rings is 1. The van der Waals surface area contributed by atoms with Crippen molar-refractivity contribution in [3.8, 4) is 11.5 Å². The molecule has 4 heteroatoms. The number of hydrogen-bond donors (Lipinski definition) is 1. The van der Waals surface area contributed by atoms with Crippen molar-refractivity contribution >= 4 is 0 Å². The number of nitrogens with zero attached hydrogens (tertiary/aromatic N) is 2. The number of rotatable bonds is 4. The van der Waals surface area contributed by atoms with Crippen molar-refractivity contribution in [2.75, 3.05) is 0 Å². The minimum absolute atomic E-state index is 0.0487. The van der Waals surface area contributed by atoms with Gasteiger partial charge in [0.2, 0.25) is 0 Å². The molecule has 0 saturated carbocycles. The molecule has 0 fully saturated rings. The molecule has 1 heterocycles. The van der Waals surface area contributed by atoms with Gasteiger partial charge in [-0.1, -0.05) is 18.2 Å². The van der Waals surface area contributed by atoms with E-state index in [0.29, 0.717) is 0 Å². The maximum atomic E-state index is 5.90. The van der Waals surface area contributed by atoms with E-state index < -0.39 is 0 Å². The topological polar surface area (TPSA) is 53.1 Å². The van der Waals surface area contributed by atoms with Crippen LogP contribution in [-0.2, 0) is 6.54 Å². The van der Waals surface area contributed by atoms with Crippen molar-refractivity contribution in [1.82, 2.24) is 9.78 Å². The lowest BCUT2D eigenvalue weighted by Gasteiger charge is -2.12.